The normalized spacial score (nSPS) is 12.5. The maximum absolute atomic E-state index is 9.22. The summed E-state index contributed by atoms with van der Waals surface area (Å²) in [7, 11) is 0. The molecule has 1 aromatic heterocycles. The Morgan fingerprint density at radius 3 is 2.43 bits per heavy atom. The molecule has 120 valence electrons. The highest BCUT2D eigenvalue weighted by molar-refractivity contribution is 5.57. The van der Waals surface area contributed by atoms with Crippen LogP contribution in [0.15, 0.2) is 6.33 Å². The fraction of sp³-hybridized carbons (Fsp3) is 0.750. The van der Waals surface area contributed by atoms with E-state index in [4.69, 9.17) is 0 Å². The summed E-state index contributed by atoms with van der Waals surface area (Å²) in [5.41, 5.74) is 1.15. The minimum atomic E-state index is 0.185. The molecular weight excluding hydrogens is 264 g/mol. The number of aromatic nitrogens is 2. The van der Waals surface area contributed by atoms with Crippen molar-refractivity contribution in [2.75, 3.05) is 23.8 Å². The minimum absolute atomic E-state index is 0.185. The molecule has 0 amide bonds. The zero-order valence-corrected chi connectivity index (χ0v) is 13.8. The molecule has 1 rings (SSSR count). The van der Waals surface area contributed by atoms with Crippen LogP contribution in [-0.4, -0.2) is 34.3 Å². The molecule has 0 bridgehead atoms. The van der Waals surface area contributed by atoms with Gasteiger partial charge < -0.3 is 15.7 Å². The third-order valence-corrected chi connectivity index (χ3v) is 3.55. The first-order valence-corrected chi connectivity index (χ1v) is 8.09. The van der Waals surface area contributed by atoms with Crippen molar-refractivity contribution in [2.45, 2.75) is 59.4 Å². The van der Waals surface area contributed by atoms with Crippen LogP contribution in [0, 0.1) is 5.92 Å². The van der Waals surface area contributed by atoms with Crippen LogP contribution in [0.4, 0.5) is 11.6 Å². The van der Waals surface area contributed by atoms with Crippen molar-refractivity contribution in [3.8, 4) is 0 Å². The number of nitrogens with zero attached hydrogens (tertiary/aromatic N) is 2. The molecule has 3 N–H and O–H groups in total. The molecule has 0 saturated carbocycles. The number of aliphatic hydroxyl groups is 1. The predicted molar refractivity (Wildman–Crippen MR) is 88.8 cm³/mol. The minimum Gasteiger partial charge on any atom is -0.396 e. The Labute approximate surface area is 128 Å². The molecule has 0 aliphatic carbocycles. The molecule has 0 aliphatic rings. The Balaban J connectivity index is 2.97. The summed E-state index contributed by atoms with van der Waals surface area (Å²) in [5, 5.41) is 16.1. The van der Waals surface area contributed by atoms with Gasteiger partial charge in [-0.1, -0.05) is 34.1 Å². The third-order valence-electron chi connectivity index (χ3n) is 3.55. The van der Waals surface area contributed by atoms with Crippen molar-refractivity contribution in [2.24, 2.45) is 5.92 Å². The molecule has 0 saturated heterocycles. The number of anilines is 2. The van der Waals surface area contributed by atoms with Gasteiger partial charge in [0.2, 0.25) is 0 Å². The Morgan fingerprint density at radius 2 is 1.86 bits per heavy atom. The highest BCUT2D eigenvalue weighted by Gasteiger charge is 2.17. The lowest BCUT2D eigenvalue weighted by atomic mass is 10.0. The molecule has 5 nitrogen and oxygen atoms in total. The lowest BCUT2D eigenvalue weighted by Crippen LogP contribution is -2.28. The number of hydrogen-bond acceptors (Lipinski definition) is 5. The lowest BCUT2D eigenvalue weighted by molar-refractivity contribution is 0.267. The van der Waals surface area contributed by atoms with Crippen molar-refractivity contribution < 1.29 is 5.11 Å². The SMILES string of the molecule is CCCNc1ncnc(NC(CCO)C(C)C)c1CCC. The molecule has 1 unspecified atom stereocenters. The highest BCUT2D eigenvalue weighted by Crippen LogP contribution is 2.24. The van der Waals surface area contributed by atoms with Gasteiger partial charge in [-0.2, -0.15) is 0 Å². The Kier molecular flexibility index (Phi) is 8.05. The van der Waals surface area contributed by atoms with Crippen LogP contribution < -0.4 is 10.6 Å². The average Bonchev–Trinajstić information content (AvgIpc) is 2.47. The van der Waals surface area contributed by atoms with E-state index >= 15 is 0 Å². The van der Waals surface area contributed by atoms with Crippen molar-refractivity contribution in [3.05, 3.63) is 11.9 Å². The summed E-state index contributed by atoms with van der Waals surface area (Å²) < 4.78 is 0. The van der Waals surface area contributed by atoms with Crippen molar-refractivity contribution in [1.82, 2.24) is 9.97 Å². The molecule has 1 aromatic rings. The van der Waals surface area contributed by atoms with E-state index in [0.29, 0.717) is 5.92 Å². The third kappa shape index (κ3) is 5.50. The van der Waals surface area contributed by atoms with E-state index in [9.17, 15) is 5.11 Å². The molecule has 0 spiro atoms. The van der Waals surface area contributed by atoms with E-state index in [-0.39, 0.29) is 12.6 Å². The smallest absolute Gasteiger partial charge is 0.134 e. The molecule has 1 atom stereocenters. The van der Waals surface area contributed by atoms with Gasteiger partial charge in [-0.05, 0) is 25.2 Å². The molecule has 5 heteroatoms. The van der Waals surface area contributed by atoms with Gasteiger partial charge in [0, 0.05) is 24.8 Å². The average molecular weight is 294 g/mol. The largest absolute Gasteiger partial charge is 0.396 e. The van der Waals surface area contributed by atoms with Gasteiger partial charge in [0.05, 0.1) is 0 Å². The van der Waals surface area contributed by atoms with E-state index < -0.39 is 0 Å². The van der Waals surface area contributed by atoms with Crippen molar-refractivity contribution in [1.29, 1.82) is 0 Å². The second-order valence-corrected chi connectivity index (χ2v) is 5.73. The molecule has 0 radical (unpaired) electrons. The van der Waals surface area contributed by atoms with Gasteiger partial charge in [-0.3, -0.25) is 0 Å². The first kappa shape index (κ1) is 17.7. The van der Waals surface area contributed by atoms with Crippen LogP contribution in [0.5, 0.6) is 0 Å². The van der Waals surface area contributed by atoms with Crippen molar-refractivity contribution >= 4 is 11.6 Å². The second kappa shape index (κ2) is 9.55. The molecule has 0 fully saturated rings. The van der Waals surface area contributed by atoms with E-state index in [1.165, 1.54) is 0 Å². The summed E-state index contributed by atoms with van der Waals surface area (Å²) in [6, 6.07) is 0.222. The van der Waals surface area contributed by atoms with Gasteiger partial charge >= 0.3 is 0 Å². The number of rotatable bonds is 10. The number of hydrogen-bond donors (Lipinski definition) is 3. The summed E-state index contributed by atoms with van der Waals surface area (Å²) >= 11 is 0. The maximum Gasteiger partial charge on any atom is 0.134 e. The lowest BCUT2D eigenvalue weighted by Gasteiger charge is -2.24. The van der Waals surface area contributed by atoms with E-state index in [2.05, 4.69) is 48.3 Å². The second-order valence-electron chi connectivity index (χ2n) is 5.73. The fourth-order valence-corrected chi connectivity index (χ4v) is 2.31. The Morgan fingerprint density at radius 1 is 1.14 bits per heavy atom. The maximum atomic E-state index is 9.22. The zero-order chi connectivity index (χ0) is 15.7. The van der Waals surface area contributed by atoms with Crippen LogP contribution in [0.1, 0.15) is 52.5 Å². The van der Waals surface area contributed by atoms with Crippen LogP contribution in [0.3, 0.4) is 0 Å². The highest BCUT2D eigenvalue weighted by atomic mass is 16.3. The number of aliphatic hydroxyl groups excluding tert-OH is 1. The van der Waals surface area contributed by atoms with E-state index in [0.717, 1.165) is 49.4 Å². The standard InChI is InChI=1S/C16H30N4O/c1-5-7-13-15(17-9-6-2)18-11-19-16(13)20-14(8-10-21)12(3)4/h11-12,14,21H,5-10H2,1-4H3,(H2,17,18,19,20). The Bertz CT molecular complexity index is 409. The molecule has 0 aliphatic heterocycles. The van der Waals surface area contributed by atoms with Crippen LogP contribution in [-0.2, 0) is 6.42 Å². The van der Waals surface area contributed by atoms with Gasteiger partial charge in [0.15, 0.2) is 0 Å². The first-order valence-electron chi connectivity index (χ1n) is 8.09. The van der Waals surface area contributed by atoms with Gasteiger partial charge in [-0.25, -0.2) is 9.97 Å². The first-order chi connectivity index (χ1) is 10.1. The van der Waals surface area contributed by atoms with Crippen LogP contribution >= 0.6 is 0 Å². The summed E-state index contributed by atoms with van der Waals surface area (Å²) in [4.78, 5) is 8.81. The van der Waals surface area contributed by atoms with Crippen LogP contribution in [0.25, 0.3) is 0 Å². The van der Waals surface area contributed by atoms with Crippen LogP contribution in [0.2, 0.25) is 0 Å². The van der Waals surface area contributed by atoms with Gasteiger partial charge in [0.1, 0.15) is 18.0 Å². The molecule has 21 heavy (non-hydrogen) atoms. The summed E-state index contributed by atoms with van der Waals surface area (Å²) in [6.45, 7) is 9.72. The molecule has 1 heterocycles. The predicted octanol–water partition coefficient (Wildman–Crippen LogP) is 3.07. The number of nitrogens with one attached hydrogen (secondary N) is 2. The zero-order valence-electron chi connectivity index (χ0n) is 13.8. The molecule has 0 aromatic carbocycles. The van der Waals surface area contributed by atoms with Crippen molar-refractivity contribution in [3.63, 3.8) is 0 Å². The topological polar surface area (TPSA) is 70.1 Å². The summed E-state index contributed by atoms with van der Waals surface area (Å²) in [6.07, 6.45) is 5.40. The fourth-order valence-electron chi connectivity index (χ4n) is 2.31. The Hall–Kier alpha value is -1.36. The quantitative estimate of drug-likeness (QED) is 0.618. The molecular formula is C16H30N4O. The van der Waals surface area contributed by atoms with E-state index in [1.807, 2.05) is 0 Å². The summed E-state index contributed by atoms with van der Waals surface area (Å²) in [5.74, 6) is 2.27. The monoisotopic (exact) mass is 294 g/mol. The van der Waals surface area contributed by atoms with Gasteiger partial charge in [-0.15, -0.1) is 0 Å². The van der Waals surface area contributed by atoms with Gasteiger partial charge in [0.25, 0.3) is 0 Å². The van der Waals surface area contributed by atoms with E-state index in [1.54, 1.807) is 6.33 Å².